The van der Waals surface area contributed by atoms with Crippen LogP contribution in [-0.2, 0) is 9.53 Å². The average molecular weight is 151 g/mol. The number of carbonyl (C=O) groups excluding carboxylic acids is 1. The van der Waals surface area contributed by atoms with Gasteiger partial charge in [0.15, 0.2) is 0 Å². The normalized spacial score (nSPS) is 12.8. The molecule has 0 radical (unpaired) electrons. The molecule has 2 nitrogen and oxygen atoms in total. The van der Waals surface area contributed by atoms with E-state index in [1.54, 1.807) is 13.8 Å². The zero-order valence-electron chi connectivity index (χ0n) is 5.69. The maximum absolute atomic E-state index is 10.7. The van der Waals surface area contributed by atoms with Gasteiger partial charge < -0.3 is 4.74 Å². The highest BCUT2D eigenvalue weighted by molar-refractivity contribution is 6.19. The first-order valence-corrected chi connectivity index (χ1v) is 3.48. The molecule has 1 unspecified atom stereocenters. The second-order valence-corrected chi connectivity index (χ2v) is 2.12. The van der Waals surface area contributed by atoms with E-state index in [-0.39, 0.29) is 11.9 Å². The Balaban J connectivity index is 3.46. The largest absolute Gasteiger partial charge is 0.466 e. The number of alkyl halides is 1. The van der Waals surface area contributed by atoms with Crippen molar-refractivity contribution in [2.24, 2.45) is 5.92 Å². The molecule has 1 atom stereocenters. The van der Waals surface area contributed by atoms with Crippen LogP contribution in [-0.4, -0.2) is 18.5 Å². The first-order chi connectivity index (χ1) is 4.22. The van der Waals surface area contributed by atoms with Crippen LogP contribution < -0.4 is 0 Å². The molecular formula is C6H11ClO2. The molecule has 0 aromatic rings. The Kier molecular flexibility index (Phi) is 4.50. The summed E-state index contributed by atoms with van der Waals surface area (Å²) in [5, 5.41) is 0. The molecule has 0 aromatic carbocycles. The summed E-state index contributed by atoms with van der Waals surface area (Å²) < 4.78 is 4.67. The average Bonchev–Trinajstić information content (AvgIpc) is 1.87. The van der Waals surface area contributed by atoms with E-state index in [1.807, 2.05) is 0 Å². The Morgan fingerprint density at radius 3 is 2.67 bits per heavy atom. The van der Waals surface area contributed by atoms with E-state index in [4.69, 9.17) is 11.6 Å². The highest BCUT2D eigenvalue weighted by Crippen LogP contribution is 1.99. The predicted molar refractivity (Wildman–Crippen MR) is 36.5 cm³/mol. The summed E-state index contributed by atoms with van der Waals surface area (Å²) in [4.78, 5) is 10.7. The van der Waals surface area contributed by atoms with Gasteiger partial charge in [-0.05, 0) is 6.92 Å². The van der Waals surface area contributed by atoms with Crippen molar-refractivity contribution in [3.8, 4) is 0 Å². The van der Waals surface area contributed by atoms with Gasteiger partial charge in [-0.25, -0.2) is 0 Å². The van der Waals surface area contributed by atoms with Crippen molar-refractivity contribution in [2.45, 2.75) is 13.8 Å². The smallest absolute Gasteiger partial charge is 0.309 e. The van der Waals surface area contributed by atoms with E-state index < -0.39 is 0 Å². The predicted octanol–water partition coefficient (Wildman–Crippen LogP) is 1.42. The molecule has 0 saturated carbocycles. The van der Waals surface area contributed by atoms with Crippen molar-refractivity contribution in [3.05, 3.63) is 0 Å². The minimum atomic E-state index is -0.215. The van der Waals surface area contributed by atoms with Gasteiger partial charge in [-0.15, -0.1) is 11.6 Å². The third-order valence-corrected chi connectivity index (χ3v) is 1.38. The number of carbonyl (C=O) groups is 1. The number of ether oxygens (including phenoxy) is 1. The third-order valence-electron chi connectivity index (χ3n) is 0.920. The summed E-state index contributed by atoms with van der Waals surface area (Å²) in [6.07, 6.45) is 0. The third kappa shape index (κ3) is 3.36. The van der Waals surface area contributed by atoms with E-state index >= 15 is 0 Å². The van der Waals surface area contributed by atoms with Gasteiger partial charge >= 0.3 is 5.97 Å². The summed E-state index contributed by atoms with van der Waals surface area (Å²) in [6.45, 7) is 3.95. The molecule has 0 N–H and O–H groups in total. The lowest BCUT2D eigenvalue weighted by atomic mass is 10.2. The van der Waals surface area contributed by atoms with E-state index in [1.165, 1.54) is 0 Å². The van der Waals surface area contributed by atoms with Gasteiger partial charge in [0.05, 0.1) is 12.5 Å². The Morgan fingerprint density at radius 2 is 2.33 bits per heavy atom. The number of halogens is 1. The molecule has 0 saturated heterocycles. The molecular weight excluding hydrogens is 140 g/mol. The van der Waals surface area contributed by atoms with Crippen LogP contribution >= 0.6 is 11.6 Å². The van der Waals surface area contributed by atoms with E-state index in [9.17, 15) is 4.79 Å². The zero-order chi connectivity index (χ0) is 7.28. The van der Waals surface area contributed by atoms with Crippen molar-refractivity contribution in [1.82, 2.24) is 0 Å². The lowest BCUT2D eigenvalue weighted by Crippen LogP contribution is -2.15. The van der Waals surface area contributed by atoms with E-state index in [0.717, 1.165) is 0 Å². The Labute approximate surface area is 60.1 Å². The Bertz CT molecular complexity index is 93.1. The summed E-state index contributed by atoms with van der Waals surface area (Å²) in [7, 11) is 0. The monoisotopic (exact) mass is 150 g/mol. The van der Waals surface area contributed by atoms with Gasteiger partial charge in [0.1, 0.15) is 0 Å². The summed E-state index contributed by atoms with van der Waals surface area (Å²) in [5.41, 5.74) is 0. The van der Waals surface area contributed by atoms with Crippen LogP contribution in [0.1, 0.15) is 13.8 Å². The van der Waals surface area contributed by atoms with Crippen molar-refractivity contribution in [2.75, 3.05) is 12.5 Å². The molecule has 0 rings (SSSR count). The first kappa shape index (κ1) is 8.76. The second kappa shape index (κ2) is 4.62. The van der Waals surface area contributed by atoms with Crippen LogP contribution in [0.15, 0.2) is 0 Å². The minimum absolute atomic E-state index is 0.174. The summed E-state index contributed by atoms with van der Waals surface area (Å²) >= 11 is 5.38. The fourth-order valence-electron chi connectivity index (χ4n) is 0.348. The van der Waals surface area contributed by atoms with Gasteiger partial charge in [-0.1, -0.05) is 6.92 Å². The van der Waals surface area contributed by atoms with E-state index in [2.05, 4.69) is 4.74 Å². The van der Waals surface area contributed by atoms with Crippen LogP contribution in [0.25, 0.3) is 0 Å². The van der Waals surface area contributed by atoms with Crippen molar-refractivity contribution in [1.29, 1.82) is 0 Å². The molecule has 0 amide bonds. The SMILES string of the molecule is CCOC(=O)C(C)CCl. The number of hydrogen-bond donors (Lipinski definition) is 0. The van der Waals surface area contributed by atoms with Gasteiger partial charge in [-0.3, -0.25) is 4.79 Å². The van der Waals surface area contributed by atoms with Gasteiger partial charge in [0.2, 0.25) is 0 Å². The molecule has 0 bridgehead atoms. The topological polar surface area (TPSA) is 26.3 Å². The lowest BCUT2D eigenvalue weighted by Gasteiger charge is -2.04. The number of rotatable bonds is 3. The molecule has 9 heavy (non-hydrogen) atoms. The molecule has 3 heteroatoms. The summed E-state index contributed by atoms with van der Waals surface area (Å²) in [5.74, 6) is -0.0575. The number of esters is 1. The van der Waals surface area contributed by atoms with E-state index in [0.29, 0.717) is 12.5 Å². The van der Waals surface area contributed by atoms with Crippen LogP contribution in [0.3, 0.4) is 0 Å². The fourth-order valence-corrected chi connectivity index (χ4v) is 0.474. The molecule has 0 fully saturated rings. The van der Waals surface area contributed by atoms with Gasteiger partial charge in [0.25, 0.3) is 0 Å². The first-order valence-electron chi connectivity index (χ1n) is 2.95. The molecule has 0 heterocycles. The van der Waals surface area contributed by atoms with Crippen molar-refractivity contribution >= 4 is 17.6 Å². The molecule has 0 aromatic heterocycles. The highest BCUT2D eigenvalue weighted by atomic mass is 35.5. The standard InChI is InChI=1S/C6H11ClO2/c1-3-9-6(8)5(2)4-7/h5H,3-4H2,1-2H3. The van der Waals surface area contributed by atoms with Crippen molar-refractivity contribution in [3.63, 3.8) is 0 Å². The lowest BCUT2D eigenvalue weighted by molar-refractivity contribution is -0.146. The van der Waals surface area contributed by atoms with Crippen LogP contribution in [0, 0.1) is 5.92 Å². The fraction of sp³-hybridized carbons (Fsp3) is 0.833. The number of hydrogen-bond acceptors (Lipinski definition) is 2. The van der Waals surface area contributed by atoms with Gasteiger partial charge in [-0.2, -0.15) is 0 Å². The molecule has 0 spiro atoms. The second-order valence-electron chi connectivity index (χ2n) is 1.81. The molecule has 54 valence electrons. The molecule has 0 aliphatic rings. The molecule has 0 aliphatic carbocycles. The van der Waals surface area contributed by atoms with Crippen LogP contribution in [0.5, 0.6) is 0 Å². The highest BCUT2D eigenvalue weighted by Gasteiger charge is 2.10. The zero-order valence-corrected chi connectivity index (χ0v) is 6.44. The van der Waals surface area contributed by atoms with Crippen molar-refractivity contribution < 1.29 is 9.53 Å². The maximum Gasteiger partial charge on any atom is 0.309 e. The van der Waals surface area contributed by atoms with Crippen LogP contribution in [0.4, 0.5) is 0 Å². The maximum atomic E-state index is 10.7. The Morgan fingerprint density at radius 1 is 1.78 bits per heavy atom. The molecule has 0 aliphatic heterocycles. The summed E-state index contributed by atoms with van der Waals surface area (Å²) in [6, 6.07) is 0. The van der Waals surface area contributed by atoms with Gasteiger partial charge in [0, 0.05) is 5.88 Å². The quantitative estimate of drug-likeness (QED) is 0.450. The minimum Gasteiger partial charge on any atom is -0.466 e. The Hall–Kier alpha value is -0.240. The van der Waals surface area contributed by atoms with Crippen LogP contribution in [0.2, 0.25) is 0 Å².